The number of hydrogen-bond donors (Lipinski definition) is 1. The number of methoxy groups -OCH3 is 1. The molecule has 8 nitrogen and oxygen atoms in total. The number of nitrogens with one attached hydrogen (secondary N) is 1. The zero-order valence-electron chi connectivity index (χ0n) is 15.8. The van der Waals surface area contributed by atoms with Crippen molar-refractivity contribution in [1.82, 2.24) is 19.7 Å². The lowest BCUT2D eigenvalue weighted by Crippen LogP contribution is -2.02. The zero-order chi connectivity index (χ0) is 19.6. The smallest absolute Gasteiger partial charge is 0.229 e. The van der Waals surface area contributed by atoms with E-state index in [9.17, 15) is 0 Å². The fourth-order valence-corrected chi connectivity index (χ4v) is 3.16. The number of anilines is 2. The van der Waals surface area contributed by atoms with E-state index >= 15 is 0 Å². The summed E-state index contributed by atoms with van der Waals surface area (Å²) in [5.74, 6) is 2.73. The maximum Gasteiger partial charge on any atom is 0.229 e. The van der Waals surface area contributed by atoms with Crippen LogP contribution < -0.4 is 19.5 Å². The van der Waals surface area contributed by atoms with Gasteiger partial charge in [0.1, 0.15) is 5.75 Å². The topological polar surface area (TPSA) is 83.3 Å². The first-order chi connectivity index (χ1) is 14.3. The molecule has 0 amide bonds. The van der Waals surface area contributed by atoms with Gasteiger partial charge in [-0.05, 0) is 36.4 Å². The Labute approximate surface area is 167 Å². The largest absolute Gasteiger partial charge is 0.497 e. The van der Waals surface area contributed by atoms with Gasteiger partial charge >= 0.3 is 0 Å². The summed E-state index contributed by atoms with van der Waals surface area (Å²) in [7, 11) is 1.64. The van der Waals surface area contributed by atoms with Crippen LogP contribution in [-0.4, -0.2) is 40.1 Å². The van der Waals surface area contributed by atoms with E-state index in [1.54, 1.807) is 24.2 Å². The average Bonchev–Trinajstić information content (AvgIpc) is 3.03. The van der Waals surface area contributed by atoms with Gasteiger partial charge < -0.3 is 19.5 Å². The van der Waals surface area contributed by atoms with Crippen LogP contribution in [-0.2, 0) is 0 Å². The van der Waals surface area contributed by atoms with E-state index in [2.05, 4.69) is 20.4 Å². The molecule has 0 saturated heterocycles. The lowest BCUT2D eigenvalue weighted by molar-refractivity contribution is 0.297. The van der Waals surface area contributed by atoms with Crippen LogP contribution in [0.4, 0.5) is 11.6 Å². The van der Waals surface area contributed by atoms with Gasteiger partial charge in [-0.3, -0.25) is 0 Å². The summed E-state index contributed by atoms with van der Waals surface area (Å²) in [6, 6.07) is 13.4. The first-order valence-electron chi connectivity index (χ1n) is 9.32. The molecule has 0 bridgehead atoms. The molecule has 146 valence electrons. The first kappa shape index (κ1) is 17.3. The third-order valence-corrected chi connectivity index (χ3v) is 4.63. The van der Waals surface area contributed by atoms with Crippen molar-refractivity contribution in [3.8, 4) is 22.9 Å². The van der Waals surface area contributed by atoms with Crippen LogP contribution in [0.3, 0.4) is 0 Å². The zero-order valence-corrected chi connectivity index (χ0v) is 15.8. The lowest BCUT2D eigenvalue weighted by atomic mass is 10.3. The molecule has 8 heteroatoms. The van der Waals surface area contributed by atoms with Crippen LogP contribution in [0.5, 0.6) is 17.2 Å². The summed E-state index contributed by atoms with van der Waals surface area (Å²) in [4.78, 5) is 9.05. The number of rotatable bonds is 4. The predicted molar refractivity (Wildman–Crippen MR) is 109 cm³/mol. The van der Waals surface area contributed by atoms with Crippen molar-refractivity contribution in [2.24, 2.45) is 0 Å². The molecule has 2 aromatic carbocycles. The number of ether oxygens (including phenoxy) is 3. The minimum absolute atomic E-state index is 0.474. The van der Waals surface area contributed by atoms with Crippen LogP contribution in [0, 0.1) is 0 Å². The van der Waals surface area contributed by atoms with Crippen molar-refractivity contribution in [2.75, 3.05) is 25.6 Å². The van der Waals surface area contributed by atoms with Gasteiger partial charge in [-0.2, -0.15) is 10.1 Å². The predicted octanol–water partition coefficient (Wildman–Crippen LogP) is 3.73. The Morgan fingerprint density at radius 3 is 2.66 bits per heavy atom. The van der Waals surface area contributed by atoms with Gasteiger partial charge in [0.25, 0.3) is 0 Å². The Bertz CT molecular complexity index is 1160. The molecule has 1 aliphatic rings. The summed E-state index contributed by atoms with van der Waals surface area (Å²) in [5, 5.41) is 8.53. The SMILES string of the molecule is COc1ccc(-n2ncc3cnc(Nc4ccc5c(c4)OCCCO5)nc32)cc1. The highest BCUT2D eigenvalue weighted by Crippen LogP contribution is 2.33. The molecule has 0 saturated carbocycles. The van der Waals surface area contributed by atoms with Gasteiger partial charge in [0.15, 0.2) is 17.1 Å². The van der Waals surface area contributed by atoms with Gasteiger partial charge in [0, 0.05) is 24.4 Å². The Morgan fingerprint density at radius 1 is 1.00 bits per heavy atom. The van der Waals surface area contributed by atoms with E-state index in [-0.39, 0.29) is 0 Å². The molecular formula is C21H19N5O3. The van der Waals surface area contributed by atoms with Gasteiger partial charge in [-0.1, -0.05) is 0 Å². The Morgan fingerprint density at radius 2 is 1.83 bits per heavy atom. The average molecular weight is 389 g/mol. The van der Waals surface area contributed by atoms with E-state index in [1.807, 2.05) is 42.5 Å². The number of aromatic nitrogens is 4. The highest BCUT2D eigenvalue weighted by Gasteiger charge is 2.12. The molecule has 1 N–H and O–H groups in total. The van der Waals surface area contributed by atoms with Crippen LogP contribution >= 0.6 is 0 Å². The molecule has 0 spiro atoms. The van der Waals surface area contributed by atoms with Gasteiger partial charge in [-0.25, -0.2) is 9.67 Å². The quantitative estimate of drug-likeness (QED) is 0.569. The number of nitrogens with zero attached hydrogens (tertiary/aromatic N) is 4. The molecule has 0 radical (unpaired) electrons. The molecule has 4 aromatic rings. The Hall–Kier alpha value is -3.81. The molecule has 29 heavy (non-hydrogen) atoms. The molecule has 0 aliphatic carbocycles. The molecule has 0 unspecified atom stereocenters. The first-order valence-corrected chi connectivity index (χ1v) is 9.32. The maximum absolute atomic E-state index is 5.75. The summed E-state index contributed by atoms with van der Waals surface area (Å²) >= 11 is 0. The van der Waals surface area contributed by atoms with Crippen LogP contribution in [0.15, 0.2) is 54.9 Å². The second kappa shape index (κ2) is 7.31. The molecule has 0 fully saturated rings. The second-order valence-corrected chi connectivity index (χ2v) is 6.56. The van der Waals surface area contributed by atoms with Gasteiger partial charge in [-0.15, -0.1) is 0 Å². The maximum atomic E-state index is 5.75. The molecule has 1 aliphatic heterocycles. The normalized spacial score (nSPS) is 13.1. The van der Waals surface area contributed by atoms with Crippen molar-refractivity contribution in [3.63, 3.8) is 0 Å². The molecule has 0 atom stereocenters. The fraction of sp³-hybridized carbons (Fsp3) is 0.190. The van der Waals surface area contributed by atoms with Crippen molar-refractivity contribution in [3.05, 3.63) is 54.9 Å². The molecular weight excluding hydrogens is 370 g/mol. The summed E-state index contributed by atoms with van der Waals surface area (Å²) < 4.78 is 18.4. The third kappa shape index (κ3) is 3.40. The third-order valence-electron chi connectivity index (χ3n) is 4.63. The molecule has 5 rings (SSSR count). The van der Waals surface area contributed by atoms with E-state index in [4.69, 9.17) is 14.2 Å². The molecule has 3 heterocycles. The Kier molecular flexibility index (Phi) is 4.36. The highest BCUT2D eigenvalue weighted by molar-refractivity contribution is 5.77. The van der Waals surface area contributed by atoms with Crippen molar-refractivity contribution in [2.45, 2.75) is 6.42 Å². The Balaban J connectivity index is 1.46. The second-order valence-electron chi connectivity index (χ2n) is 6.56. The number of hydrogen-bond acceptors (Lipinski definition) is 7. The summed E-state index contributed by atoms with van der Waals surface area (Å²) in [6.45, 7) is 1.30. The lowest BCUT2D eigenvalue weighted by Gasteiger charge is -2.10. The number of fused-ring (bicyclic) bond motifs is 2. The van der Waals surface area contributed by atoms with Gasteiger partial charge in [0.05, 0.1) is 37.6 Å². The number of benzene rings is 2. The van der Waals surface area contributed by atoms with Crippen LogP contribution in [0.25, 0.3) is 16.7 Å². The van der Waals surface area contributed by atoms with Crippen molar-refractivity contribution >= 4 is 22.7 Å². The monoisotopic (exact) mass is 389 g/mol. The van der Waals surface area contributed by atoms with E-state index in [0.717, 1.165) is 40.4 Å². The standard InChI is InChI=1S/C21H19N5O3/c1-27-17-6-4-16(5-7-17)26-20-14(13-23-26)12-22-21(25-20)24-15-3-8-18-19(11-15)29-10-2-9-28-18/h3-8,11-13H,2,9-10H2,1H3,(H,22,24,25). The van der Waals surface area contributed by atoms with Gasteiger partial charge in [0.2, 0.25) is 5.95 Å². The van der Waals surface area contributed by atoms with E-state index in [1.165, 1.54) is 0 Å². The minimum atomic E-state index is 0.474. The van der Waals surface area contributed by atoms with Crippen LogP contribution in [0.2, 0.25) is 0 Å². The summed E-state index contributed by atoms with van der Waals surface area (Å²) in [6.07, 6.45) is 4.37. The van der Waals surface area contributed by atoms with Crippen molar-refractivity contribution in [1.29, 1.82) is 0 Å². The summed E-state index contributed by atoms with van der Waals surface area (Å²) in [5.41, 5.74) is 2.42. The van der Waals surface area contributed by atoms with Crippen LogP contribution in [0.1, 0.15) is 6.42 Å². The van der Waals surface area contributed by atoms with E-state index in [0.29, 0.717) is 24.8 Å². The van der Waals surface area contributed by atoms with E-state index < -0.39 is 0 Å². The molecule has 2 aromatic heterocycles. The highest BCUT2D eigenvalue weighted by atomic mass is 16.5. The fourth-order valence-electron chi connectivity index (χ4n) is 3.16. The minimum Gasteiger partial charge on any atom is -0.497 e. The van der Waals surface area contributed by atoms with Crippen molar-refractivity contribution < 1.29 is 14.2 Å².